The van der Waals surface area contributed by atoms with Gasteiger partial charge in [-0.05, 0) is 19.9 Å². The Balaban J connectivity index is 2.16. The Morgan fingerprint density at radius 2 is 2.46 bits per heavy atom. The lowest BCUT2D eigenvalue weighted by Gasteiger charge is -2.20. The summed E-state index contributed by atoms with van der Waals surface area (Å²) in [5, 5.41) is 0. The molecule has 1 atom stereocenters. The summed E-state index contributed by atoms with van der Waals surface area (Å²) in [5.41, 5.74) is 1.17. The molecule has 0 radical (unpaired) electrons. The molecule has 1 heterocycles. The van der Waals surface area contributed by atoms with Crippen molar-refractivity contribution in [2.24, 2.45) is 0 Å². The van der Waals surface area contributed by atoms with Crippen LogP contribution in [0.2, 0.25) is 0 Å². The summed E-state index contributed by atoms with van der Waals surface area (Å²) in [6, 6.07) is 0. The van der Waals surface area contributed by atoms with E-state index in [1.54, 1.807) is 0 Å². The molecule has 0 aromatic carbocycles. The molecule has 2 nitrogen and oxygen atoms in total. The maximum Gasteiger partial charge on any atom is 0.0702 e. The summed E-state index contributed by atoms with van der Waals surface area (Å²) in [5.74, 6) is 0.774. The fraction of sp³-hybridized carbons (Fsp3) is 0.800. The van der Waals surface area contributed by atoms with Crippen molar-refractivity contribution in [1.82, 2.24) is 4.90 Å². The second kappa shape index (κ2) is 5.68. The van der Waals surface area contributed by atoms with Gasteiger partial charge >= 0.3 is 0 Å². The van der Waals surface area contributed by atoms with Crippen LogP contribution in [0.25, 0.3) is 0 Å². The van der Waals surface area contributed by atoms with Crippen molar-refractivity contribution in [1.29, 1.82) is 0 Å². The Hall–Kier alpha value is 0.01000. The first kappa shape index (κ1) is 11.1. The van der Waals surface area contributed by atoms with Gasteiger partial charge in [-0.15, -0.1) is 0 Å². The van der Waals surface area contributed by atoms with E-state index in [1.807, 2.05) is 0 Å². The van der Waals surface area contributed by atoms with Crippen molar-refractivity contribution in [2.45, 2.75) is 18.9 Å². The number of thiol groups is 1. The highest BCUT2D eigenvalue weighted by molar-refractivity contribution is 7.80. The van der Waals surface area contributed by atoms with Crippen LogP contribution in [0.1, 0.15) is 12.8 Å². The molecule has 1 saturated heterocycles. The monoisotopic (exact) mass is 201 g/mol. The summed E-state index contributed by atoms with van der Waals surface area (Å²) < 4.78 is 5.55. The molecule has 0 bridgehead atoms. The molecule has 0 amide bonds. The number of ether oxygens (including phenoxy) is 1. The van der Waals surface area contributed by atoms with Crippen LogP contribution in [0.5, 0.6) is 0 Å². The smallest absolute Gasteiger partial charge is 0.0702 e. The van der Waals surface area contributed by atoms with Gasteiger partial charge in [0.1, 0.15) is 0 Å². The second-order valence-corrected chi connectivity index (χ2v) is 4.06. The van der Waals surface area contributed by atoms with Crippen molar-refractivity contribution >= 4 is 12.6 Å². The third kappa shape index (κ3) is 4.16. The van der Waals surface area contributed by atoms with Crippen molar-refractivity contribution in [3.8, 4) is 0 Å². The summed E-state index contributed by atoms with van der Waals surface area (Å²) in [6.07, 6.45) is 2.86. The maximum absolute atomic E-state index is 5.55. The molecule has 0 aromatic rings. The molecular formula is C10H19NOS. The predicted octanol–water partition coefficient (Wildman–Crippen LogP) is 1.58. The van der Waals surface area contributed by atoms with Crippen LogP contribution < -0.4 is 0 Å². The normalized spacial score (nSPS) is 22.5. The second-order valence-electron chi connectivity index (χ2n) is 3.74. The number of likely N-dealkylation sites (N-methyl/N-ethyl adjacent to an activating group) is 1. The van der Waals surface area contributed by atoms with Gasteiger partial charge in [-0.25, -0.2) is 0 Å². The van der Waals surface area contributed by atoms with E-state index in [4.69, 9.17) is 4.74 Å². The first-order chi connectivity index (χ1) is 6.22. The third-order valence-corrected chi connectivity index (χ3v) is 2.70. The van der Waals surface area contributed by atoms with E-state index >= 15 is 0 Å². The van der Waals surface area contributed by atoms with Gasteiger partial charge in [-0.3, -0.25) is 4.90 Å². The van der Waals surface area contributed by atoms with Gasteiger partial charge in [0.05, 0.1) is 6.10 Å². The minimum absolute atomic E-state index is 0.442. The van der Waals surface area contributed by atoms with E-state index in [-0.39, 0.29) is 0 Å². The third-order valence-electron chi connectivity index (χ3n) is 2.26. The summed E-state index contributed by atoms with van der Waals surface area (Å²) in [4.78, 5) is 2.26. The minimum Gasteiger partial charge on any atom is -0.377 e. The average Bonchev–Trinajstić information content (AvgIpc) is 2.56. The van der Waals surface area contributed by atoms with Crippen molar-refractivity contribution in [2.75, 3.05) is 32.5 Å². The fourth-order valence-corrected chi connectivity index (χ4v) is 1.73. The number of rotatable bonds is 5. The first-order valence-electron chi connectivity index (χ1n) is 4.80. The number of hydrogen-bond acceptors (Lipinski definition) is 3. The minimum atomic E-state index is 0.442. The van der Waals surface area contributed by atoms with Crippen LogP contribution >= 0.6 is 12.6 Å². The van der Waals surface area contributed by atoms with Gasteiger partial charge in [0, 0.05) is 25.4 Å². The molecule has 1 rings (SSSR count). The molecule has 1 unspecified atom stereocenters. The van der Waals surface area contributed by atoms with E-state index in [2.05, 4.69) is 31.2 Å². The van der Waals surface area contributed by atoms with Crippen LogP contribution in [-0.2, 0) is 4.74 Å². The van der Waals surface area contributed by atoms with E-state index < -0.39 is 0 Å². The predicted molar refractivity (Wildman–Crippen MR) is 59.5 cm³/mol. The lowest BCUT2D eigenvalue weighted by Crippen LogP contribution is -2.30. The highest BCUT2D eigenvalue weighted by Crippen LogP contribution is 2.13. The van der Waals surface area contributed by atoms with E-state index in [0.29, 0.717) is 6.10 Å². The van der Waals surface area contributed by atoms with Gasteiger partial charge in [0.2, 0.25) is 0 Å². The van der Waals surface area contributed by atoms with E-state index in [1.165, 1.54) is 18.4 Å². The van der Waals surface area contributed by atoms with Crippen LogP contribution in [0, 0.1) is 0 Å². The lowest BCUT2D eigenvalue weighted by atomic mass is 10.2. The molecule has 76 valence electrons. The van der Waals surface area contributed by atoms with Crippen LogP contribution in [0.4, 0.5) is 0 Å². The Labute approximate surface area is 86.4 Å². The molecule has 0 aromatic heterocycles. The zero-order valence-corrected chi connectivity index (χ0v) is 9.22. The Morgan fingerprint density at radius 1 is 1.69 bits per heavy atom. The van der Waals surface area contributed by atoms with Crippen LogP contribution in [0.15, 0.2) is 12.2 Å². The molecule has 3 heteroatoms. The molecule has 1 aliphatic rings. The Kier molecular flexibility index (Phi) is 4.84. The highest BCUT2D eigenvalue weighted by atomic mass is 32.1. The first-order valence-corrected chi connectivity index (χ1v) is 5.43. The van der Waals surface area contributed by atoms with E-state index in [0.717, 1.165) is 25.4 Å². The van der Waals surface area contributed by atoms with Gasteiger partial charge in [-0.1, -0.05) is 12.2 Å². The largest absolute Gasteiger partial charge is 0.377 e. The summed E-state index contributed by atoms with van der Waals surface area (Å²) in [6.45, 7) is 6.82. The molecular weight excluding hydrogens is 182 g/mol. The molecule has 1 aliphatic heterocycles. The summed E-state index contributed by atoms with van der Waals surface area (Å²) >= 11 is 4.18. The summed E-state index contributed by atoms with van der Waals surface area (Å²) in [7, 11) is 2.11. The molecule has 0 spiro atoms. The van der Waals surface area contributed by atoms with Gasteiger partial charge in [-0.2, -0.15) is 12.6 Å². The SMILES string of the molecule is C=C(CS)CN(C)CC1CCCO1. The molecule has 0 N–H and O–H groups in total. The Bertz CT molecular complexity index is 166. The number of hydrogen-bond donors (Lipinski definition) is 1. The zero-order chi connectivity index (χ0) is 9.68. The molecule has 1 fully saturated rings. The number of nitrogens with zero attached hydrogens (tertiary/aromatic N) is 1. The zero-order valence-electron chi connectivity index (χ0n) is 8.33. The lowest BCUT2D eigenvalue weighted by molar-refractivity contribution is 0.0838. The quantitative estimate of drug-likeness (QED) is 0.535. The topological polar surface area (TPSA) is 12.5 Å². The highest BCUT2D eigenvalue weighted by Gasteiger charge is 2.17. The average molecular weight is 201 g/mol. The maximum atomic E-state index is 5.55. The van der Waals surface area contributed by atoms with Gasteiger partial charge in [0.25, 0.3) is 0 Å². The molecule has 13 heavy (non-hydrogen) atoms. The van der Waals surface area contributed by atoms with Crippen molar-refractivity contribution in [3.63, 3.8) is 0 Å². The van der Waals surface area contributed by atoms with Gasteiger partial charge in [0.15, 0.2) is 0 Å². The molecule has 0 saturated carbocycles. The van der Waals surface area contributed by atoms with Crippen LogP contribution in [-0.4, -0.2) is 43.5 Å². The van der Waals surface area contributed by atoms with Crippen molar-refractivity contribution < 1.29 is 4.74 Å². The Morgan fingerprint density at radius 3 is 3.00 bits per heavy atom. The van der Waals surface area contributed by atoms with E-state index in [9.17, 15) is 0 Å². The molecule has 0 aliphatic carbocycles. The fourth-order valence-electron chi connectivity index (χ4n) is 1.63. The van der Waals surface area contributed by atoms with Gasteiger partial charge < -0.3 is 4.74 Å². The standard InChI is InChI=1S/C10H19NOS/c1-9(8-13)6-11(2)7-10-4-3-5-12-10/h10,13H,1,3-8H2,2H3. The van der Waals surface area contributed by atoms with Crippen LogP contribution in [0.3, 0.4) is 0 Å². The van der Waals surface area contributed by atoms with Crippen molar-refractivity contribution in [3.05, 3.63) is 12.2 Å².